The Hall–Kier alpha value is -1.62. The van der Waals surface area contributed by atoms with Gasteiger partial charge in [0.1, 0.15) is 5.82 Å². The molecule has 18 heavy (non-hydrogen) atoms. The van der Waals surface area contributed by atoms with Gasteiger partial charge in [0.25, 0.3) is 0 Å². The van der Waals surface area contributed by atoms with Crippen molar-refractivity contribution in [3.63, 3.8) is 0 Å². The zero-order chi connectivity index (χ0) is 13.0. The van der Waals surface area contributed by atoms with E-state index in [0.29, 0.717) is 18.0 Å². The van der Waals surface area contributed by atoms with E-state index in [0.717, 1.165) is 19.4 Å². The Morgan fingerprint density at radius 2 is 2.33 bits per heavy atom. The van der Waals surface area contributed by atoms with Crippen molar-refractivity contribution in [1.82, 2.24) is 0 Å². The SMILES string of the molecule is CC(=O)Nc1ccc(F)c(NC2CCCOC2)c1. The summed E-state index contributed by atoms with van der Waals surface area (Å²) in [4.78, 5) is 11.0. The summed E-state index contributed by atoms with van der Waals surface area (Å²) in [6, 6.07) is 4.61. The highest BCUT2D eigenvalue weighted by atomic mass is 19.1. The molecule has 1 aliphatic heterocycles. The first kappa shape index (κ1) is 12.8. The average Bonchev–Trinajstić information content (AvgIpc) is 2.34. The number of carbonyl (C=O) groups excluding carboxylic acids is 1. The van der Waals surface area contributed by atoms with Crippen LogP contribution in [0, 0.1) is 5.82 Å². The molecule has 5 heteroatoms. The topological polar surface area (TPSA) is 50.4 Å². The summed E-state index contributed by atoms with van der Waals surface area (Å²) >= 11 is 0. The molecule has 1 aromatic rings. The molecule has 0 aliphatic carbocycles. The number of benzene rings is 1. The van der Waals surface area contributed by atoms with Gasteiger partial charge in [-0.25, -0.2) is 4.39 Å². The Bertz CT molecular complexity index is 431. The van der Waals surface area contributed by atoms with E-state index in [2.05, 4.69) is 10.6 Å². The maximum Gasteiger partial charge on any atom is 0.221 e. The van der Waals surface area contributed by atoms with Gasteiger partial charge in [-0.05, 0) is 31.0 Å². The zero-order valence-electron chi connectivity index (χ0n) is 10.3. The molecule has 0 radical (unpaired) electrons. The zero-order valence-corrected chi connectivity index (χ0v) is 10.3. The van der Waals surface area contributed by atoms with Crippen LogP contribution in [0.15, 0.2) is 18.2 Å². The van der Waals surface area contributed by atoms with Gasteiger partial charge in [-0.1, -0.05) is 0 Å². The van der Waals surface area contributed by atoms with Crippen molar-refractivity contribution in [3.8, 4) is 0 Å². The van der Waals surface area contributed by atoms with Crippen LogP contribution in [0.3, 0.4) is 0 Å². The molecule has 2 rings (SSSR count). The maximum atomic E-state index is 13.6. The van der Waals surface area contributed by atoms with Gasteiger partial charge in [-0.3, -0.25) is 4.79 Å². The highest BCUT2D eigenvalue weighted by Crippen LogP contribution is 2.22. The lowest BCUT2D eigenvalue weighted by atomic mass is 10.1. The Kier molecular flexibility index (Phi) is 4.15. The van der Waals surface area contributed by atoms with Gasteiger partial charge in [-0.2, -0.15) is 0 Å². The summed E-state index contributed by atoms with van der Waals surface area (Å²) in [5, 5.41) is 5.74. The molecule has 1 atom stereocenters. The van der Waals surface area contributed by atoms with Crippen LogP contribution >= 0.6 is 0 Å². The minimum absolute atomic E-state index is 0.126. The van der Waals surface area contributed by atoms with Gasteiger partial charge in [0.05, 0.1) is 12.3 Å². The summed E-state index contributed by atoms with van der Waals surface area (Å²) in [5.74, 6) is -0.497. The molecule has 1 heterocycles. The van der Waals surface area contributed by atoms with E-state index in [4.69, 9.17) is 4.74 Å². The number of nitrogens with one attached hydrogen (secondary N) is 2. The summed E-state index contributed by atoms with van der Waals surface area (Å²) in [5.41, 5.74) is 0.986. The molecule has 0 aromatic heterocycles. The quantitative estimate of drug-likeness (QED) is 0.868. The third-order valence-electron chi connectivity index (χ3n) is 2.81. The molecular weight excluding hydrogens is 235 g/mol. The number of rotatable bonds is 3. The van der Waals surface area contributed by atoms with Gasteiger partial charge in [0, 0.05) is 25.3 Å². The van der Waals surface area contributed by atoms with Gasteiger partial charge >= 0.3 is 0 Å². The van der Waals surface area contributed by atoms with Crippen LogP contribution in [0.4, 0.5) is 15.8 Å². The number of anilines is 2. The fraction of sp³-hybridized carbons (Fsp3) is 0.462. The molecule has 1 fully saturated rings. The minimum Gasteiger partial charge on any atom is -0.379 e. The van der Waals surface area contributed by atoms with E-state index >= 15 is 0 Å². The standard InChI is InChI=1S/C13H17FN2O2/c1-9(17)15-10-4-5-12(14)13(7-10)16-11-3-2-6-18-8-11/h4-5,7,11,16H,2-3,6,8H2,1H3,(H,15,17). The predicted molar refractivity (Wildman–Crippen MR) is 68.2 cm³/mol. The Labute approximate surface area is 106 Å². The van der Waals surface area contributed by atoms with E-state index in [9.17, 15) is 9.18 Å². The van der Waals surface area contributed by atoms with Crippen LogP contribution in [0.2, 0.25) is 0 Å². The Morgan fingerprint density at radius 3 is 3.00 bits per heavy atom. The molecule has 0 spiro atoms. The minimum atomic E-state index is -0.324. The first-order valence-electron chi connectivity index (χ1n) is 6.06. The van der Waals surface area contributed by atoms with Crippen LogP contribution in [0.25, 0.3) is 0 Å². The van der Waals surface area contributed by atoms with E-state index in [1.807, 2.05) is 0 Å². The van der Waals surface area contributed by atoms with Crippen molar-refractivity contribution in [1.29, 1.82) is 0 Å². The molecule has 1 aromatic carbocycles. The van der Waals surface area contributed by atoms with E-state index in [-0.39, 0.29) is 17.8 Å². The summed E-state index contributed by atoms with van der Waals surface area (Å²) < 4.78 is 19.0. The van der Waals surface area contributed by atoms with Gasteiger partial charge in [-0.15, -0.1) is 0 Å². The van der Waals surface area contributed by atoms with E-state index < -0.39 is 0 Å². The smallest absolute Gasteiger partial charge is 0.221 e. The lowest BCUT2D eigenvalue weighted by Gasteiger charge is -2.24. The second kappa shape index (κ2) is 5.82. The first-order valence-corrected chi connectivity index (χ1v) is 6.06. The number of hydrogen-bond acceptors (Lipinski definition) is 3. The van der Waals surface area contributed by atoms with Crippen molar-refractivity contribution >= 4 is 17.3 Å². The predicted octanol–water partition coefficient (Wildman–Crippen LogP) is 2.38. The van der Waals surface area contributed by atoms with E-state index in [1.54, 1.807) is 12.1 Å². The van der Waals surface area contributed by atoms with Crippen LogP contribution < -0.4 is 10.6 Å². The molecular formula is C13H17FN2O2. The summed E-state index contributed by atoms with van der Waals surface area (Å²) in [6.07, 6.45) is 1.94. The van der Waals surface area contributed by atoms with Gasteiger partial charge < -0.3 is 15.4 Å². The number of ether oxygens (including phenoxy) is 1. The molecule has 0 bridgehead atoms. The molecule has 1 aliphatic rings. The Balaban J connectivity index is 2.07. The highest BCUT2D eigenvalue weighted by Gasteiger charge is 2.15. The third kappa shape index (κ3) is 3.43. The normalized spacial score (nSPS) is 19.3. The fourth-order valence-electron chi connectivity index (χ4n) is 1.99. The number of amides is 1. The van der Waals surface area contributed by atoms with Crippen LogP contribution in [0.5, 0.6) is 0 Å². The average molecular weight is 252 g/mol. The maximum absolute atomic E-state index is 13.6. The Morgan fingerprint density at radius 1 is 1.50 bits per heavy atom. The van der Waals surface area contributed by atoms with Crippen LogP contribution in [-0.4, -0.2) is 25.2 Å². The lowest BCUT2D eigenvalue weighted by molar-refractivity contribution is -0.114. The fourth-order valence-corrected chi connectivity index (χ4v) is 1.99. The monoisotopic (exact) mass is 252 g/mol. The van der Waals surface area contributed by atoms with Crippen molar-refractivity contribution in [2.24, 2.45) is 0 Å². The van der Waals surface area contributed by atoms with Gasteiger partial charge in [0.2, 0.25) is 5.91 Å². The highest BCUT2D eigenvalue weighted by molar-refractivity contribution is 5.89. The molecule has 2 N–H and O–H groups in total. The lowest BCUT2D eigenvalue weighted by Crippen LogP contribution is -2.30. The van der Waals surface area contributed by atoms with E-state index in [1.165, 1.54) is 13.0 Å². The first-order chi connectivity index (χ1) is 8.65. The molecule has 0 saturated carbocycles. The third-order valence-corrected chi connectivity index (χ3v) is 2.81. The second-order valence-corrected chi connectivity index (χ2v) is 4.43. The summed E-state index contributed by atoms with van der Waals surface area (Å²) in [7, 11) is 0. The summed E-state index contributed by atoms with van der Waals surface area (Å²) in [6.45, 7) is 2.78. The van der Waals surface area contributed by atoms with Crippen molar-refractivity contribution in [2.45, 2.75) is 25.8 Å². The molecule has 1 unspecified atom stereocenters. The van der Waals surface area contributed by atoms with Crippen LogP contribution in [0.1, 0.15) is 19.8 Å². The number of hydrogen-bond donors (Lipinski definition) is 2. The molecule has 1 amide bonds. The molecule has 98 valence electrons. The largest absolute Gasteiger partial charge is 0.379 e. The van der Waals surface area contributed by atoms with Gasteiger partial charge in [0.15, 0.2) is 0 Å². The molecule has 4 nitrogen and oxygen atoms in total. The van der Waals surface area contributed by atoms with Crippen molar-refractivity contribution in [2.75, 3.05) is 23.8 Å². The second-order valence-electron chi connectivity index (χ2n) is 4.43. The number of halogens is 1. The number of carbonyl (C=O) groups is 1. The van der Waals surface area contributed by atoms with Crippen LogP contribution in [-0.2, 0) is 9.53 Å². The molecule has 1 saturated heterocycles. The van der Waals surface area contributed by atoms with Crippen molar-refractivity contribution in [3.05, 3.63) is 24.0 Å². The van der Waals surface area contributed by atoms with Crippen molar-refractivity contribution < 1.29 is 13.9 Å².